The summed E-state index contributed by atoms with van der Waals surface area (Å²) >= 11 is 1.12. The highest BCUT2D eigenvalue weighted by Crippen LogP contribution is 2.23. The third-order valence-electron chi connectivity index (χ3n) is 2.79. The minimum absolute atomic E-state index is 0.0409. The monoisotopic (exact) mass is 297 g/mol. The van der Waals surface area contributed by atoms with Gasteiger partial charge in [-0.25, -0.2) is 9.59 Å². The SMILES string of the molecule is CN(CC(=O)NC1CC1)C(=O)Nc1sccc1C(=O)O. The molecule has 20 heavy (non-hydrogen) atoms. The van der Waals surface area contributed by atoms with Gasteiger partial charge in [-0.2, -0.15) is 0 Å². The van der Waals surface area contributed by atoms with E-state index in [1.807, 2.05) is 0 Å². The van der Waals surface area contributed by atoms with Crippen LogP contribution in [0.4, 0.5) is 9.80 Å². The second-order valence-corrected chi connectivity index (χ2v) is 5.51. The molecule has 0 unspecified atom stereocenters. The summed E-state index contributed by atoms with van der Waals surface area (Å²) in [6, 6.07) is 1.15. The van der Waals surface area contributed by atoms with Crippen LogP contribution in [0.3, 0.4) is 0 Å². The normalized spacial score (nSPS) is 13.7. The summed E-state index contributed by atoms with van der Waals surface area (Å²) < 4.78 is 0. The number of carbonyl (C=O) groups excluding carboxylic acids is 2. The molecule has 3 amide bonds. The first-order valence-electron chi connectivity index (χ1n) is 6.09. The number of aromatic carboxylic acids is 1. The molecule has 7 nitrogen and oxygen atoms in total. The Morgan fingerprint density at radius 2 is 2.15 bits per heavy atom. The molecule has 1 aromatic heterocycles. The molecule has 1 aliphatic carbocycles. The third-order valence-corrected chi connectivity index (χ3v) is 3.62. The number of rotatable bonds is 5. The number of nitrogens with one attached hydrogen (secondary N) is 2. The number of nitrogens with zero attached hydrogens (tertiary/aromatic N) is 1. The number of likely N-dealkylation sites (N-methyl/N-ethyl adjacent to an activating group) is 1. The summed E-state index contributed by atoms with van der Waals surface area (Å²) in [6.07, 6.45) is 1.97. The number of carbonyl (C=O) groups is 3. The maximum absolute atomic E-state index is 11.9. The molecule has 0 bridgehead atoms. The van der Waals surface area contributed by atoms with Crippen molar-refractivity contribution in [2.45, 2.75) is 18.9 Å². The molecule has 8 heteroatoms. The van der Waals surface area contributed by atoms with E-state index in [0.717, 1.165) is 24.2 Å². The van der Waals surface area contributed by atoms with Crippen LogP contribution in [-0.4, -0.2) is 47.5 Å². The molecule has 0 saturated heterocycles. The van der Waals surface area contributed by atoms with Crippen molar-refractivity contribution in [1.29, 1.82) is 0 Å². The zero-order valence-electron chi connectivity index (χ0n) is 10.9. The standard InChI is InChI=1S/C12H15N3O4S/c1-15(6-9(16)13-7-2-3-7)12(19)14-10-8(11(17)18)4-5-20-10/h4-5,7H,2-3,6H2,1H3,(H,13,16)(H,14,19)(H,17,18). The molecule has 0 aromatic carbocycles. The minimum Gasteiger partial charge on any atom is -0.478 e. The van der Waals surface area contributed by atoms with E-state index >= 15 is 0 Å². The molecule has 0 atom stereocenters. The lowest BCUT2D eigenvalue weighted by molar-refractivity contribution is -0.121. The number of anilines is 1. The number of carboxylic acid groups (broad SMARTS) is 1. The van der Waals surface area contributed by atoms with Gasteiger partial charge in [-0.1, -0.05) is 0 Å². The number of thiophene rings is 1. The van der Waals surface area contributed by atoms with Crippen LogP contribution in [0, 0.1) is 0 Å². The molecule has 1 aliphatic rings. The van der Waals surface area contributed by atoms with Crippen molar-refractivity contribution in [2.24, 2.45) is 0 Å². The number of hydrogen-bond acceptors (Lipinski definition) is 4. The average molecular weight is 297 g/mol. The highest BCUT2D eigenvalue weighted by Gasteiger charge is 2.24. The molecule has 1 heterocycles. The first kappa shape index (κ1) is 14.3. The summed E-state index contributed by atoms with van der Waals surface area (Å²) in [5.41, 5.74) is 0.0409. The summed E-state index contributed by atoms with van der Waals surface area (Å²) in [5.74, 6) is -1.31. The van der Waals surface area contributed by atoms with Gasteiger partial charge in [-0.05, 0) is 24.3 Å². The van der Waals surface area contributed by atoms with Crippen molar-refractivity contribution in [2.75, 3.05) is 18.9 Å². The number of amides is 3. The summed E-state index contributed by atoms with van der Waals surface area (Å²) in [7, 11) is 1.48. The van der Waals surface area contributed by atoms with Gasteiger partial charge in [-0.3, -0.25) is 10.1 Å². The Kier molecular flexibility index (Phi) is 4.23. The second-order valence-electron chi connectivity index (χ2n) is 4.60. The molecule has 0 spiro atoms. The van der Waals surface area contributed by atoms with E-state index in [-0.39, 0.29) is 29.1 Å². The van der Waals surface area contributed by atoms with E-state index in [1.54, 1.807) is 5.38 Å². The first-order chi connectivity index (χ1) is 9.47. The maximum atomic E-state index is 11.9. The van der Waals surface area contributed by atoms with Gasteiger partial charge >= 0.3 is 12.0 Å². The highest BCUT2D eigenvalue weighted by atomic mass is 32.1. The Hall–Kier alpha value is -2.09. The van der Waals surface area contributed by atoms with Crippen LogP contribution in [0.15, 0.2) is 11.4 Å². The van der Waals surface area contributed by atoms with E-state index in [1.165, 1.54) is 18.0 Å². The van der Waals surface area contributed by atoms with E-state index in [0.29, 0.717) is 0 Å². The van der Waals surface area contributed by atoms with Gasteiger partial charge in [0.1, 0.15) is 11.5 Å². The Balaban J connectivity index is 1.88. The van der Waals surface area contributed by atoms with Crippen LogP contribution in [0.1, 0.15) is 23.2 Å². The Morgan fingerprint density at radius 1 is 1.45 bits per heavy atom. The molecule has 1 saturated carbocycles. The van der Waals surface area contributed by atoms with Gasteiger partial charge in [0.25, 0.3) is 0 Å². The molecule has 108 valence electrons. The van der Waals surface area contributed by atoms with Gasteiger partial charge in [0, 0.05) is 13.1 Å². The number of hydrogen-bond donors (Lipinski definition) is 3. The molecule has 1 fully saturated rings. The van der Waals surface area contributed by atoms with Crippen LogP contribution < -0.4 is 10.6 Å². The quantitative estimate of drug-likeness (QED) is 0.760. The lowest BCUT2D eigenvalue weighted by Gasteiger charge is -2.17. The van der Waals surface area contributed by atoms with E-state index in [4.69, 9.17) is 5.11 Å². The second kappa shape index (κ2) is 5.91. The molecule has 0 aliphatic heterocycles. The van der Waals surface area contributed by atoms with E-state index in [9.17, 15) is 14.4 Å². The number of carboxylic acids is 1. The zero-order chi connectivity index (χ0) is 14.7. The molecular formula is C12H15N3O4S. The van der Waals surface area contributed by atoms with Gasteiger partial charge < -0.3 is 15.3 Å². The Morgan fingerprint density at radius 3 is 2.75 bits per heavy atom. The van der Waals surface area contributed by atoms with Crippen molar-refractivity contribution in [1.82, 2.24) is 10.2 Å². The van der Waals surface area contributed by atoms with Gasteiger partial charge in [0.15, 0.2) is 0 Å². The lowest BCUT2D eigenvalue weighted by atomic mass is 10.3. The smallest absolute Gasteiger partial charge is 0.338 e. The highest BCUT2D eigenvalue weighted by molar-refractivity contribution is 7.14. The van der Waals surface area contributed by atoms with Gasteiger partial charge in [-0.15, -0.1) is 11.3 Å². The van der Waals surface area contributed by atoms with Crippen LogP contribution in [-0.2, 0) is 4.79 Å². The van der Waals surface area contributed by atoms with Crippen LogP contribution in [0.25, 0.3) is 0 Å². The van der Waals surface area contributed by atoms with E-state index < -0.39 is 12.0 Å². The van der Waals surface area contributed by atoms with E-state index in [2.05, 4.69) is 10.6 Å². The fraction of sp³-hybridized carbons (Fsp3) is 0.417. The lowest BCUT2D eigenvalue weighted by Crippen LogP contribution is -2.41. The zero-order valence-corrected chi connectivity index (χ0v) is 11.7. The number of urea groups is 1. The van der Waals surface area contributed by atoms with Crippen molar-refractivity contribution in [3.8, 4) is 0 Å². The fourth-order valence-corrected chi connectivity index (χ4v) is 2.32. The predicted octanol–water partition coefficient (Wildman–Crippen LogP) is 1.19. The van der Waals surface area contributed by atoms with Crippen LogP contribution in [0.5, 0.6) is 0 Å². The third kappa shape index (κ3) is 3.70. The molecule has 1 aromatic rings. The van der Waals surface area contributed by atoms with Crippen molar-refractivity contribution in [3.63, 3.8) is 0 Å². The summed E-state index contributed by atoms with van der Waals surface area (Å²) in [5, 5.41) is 16.0. The minimum atomic E-state index is -1.10. The van der Waals surface area contributed by atoms with Crippen molar-refractivity contribution < 1.29 is 19.5 Å². The maximum Gasteiger partial charge on any atom is 0.338 e. The summed E-state index contributed by atoms with van der Waals surface area (Å²) in [4.78, 5) is 35.6. The molecule has 0 radical (unpaired) electrons. The average Bonchev–Trinajstić information content (AvgIpc) is 3.04. The first-order valence-corrected chi connectivity index (χ1v) is 6.97. The van der Waals surface area contributed by atoms with Gasteiger partial charge in [0.05, 0.1) is 5.56 Å². The topological polar surface area (TPSA) is 98.7 Å². The van der Waals surface area contributed by atoms with Crippen molar-refractivity contribution in [3.05, 3.63) is 17.0 Å². The predicted molar refractivity (Wildman–Crippen MR) is 74.1 cm³/mol. The molecular weight excluding hydrogens is 282 g/mol. The Labute approximate surface area is 119 Å². The van der Waals surface area contributed by atoms with Crippen LogP contribution in [0.2, 0.25) is 0 Å². The van der Waals surface area contributed by atoms with Crippen molar-refractivity contribution >= 4 is 34.2 Å². The molecule has 3 N–H and O–H groups in total. The molecule has 2 rings (SSSR count). The largest absolute Gasteiger partial charge is 0.478 e. The Bertz CT molecular complexity index is 539. The summed E-state index contributed by atoms with van der Waals surface area (Å²) in [6.45, 7) is -0.0594. The van der Waals surface area contributed by atoms with Crippen LogP contribution >= 0.6 is 11.3 Å². The fourth-order valence-electron chi connectivity index (χ4n) is 1.56. The van der Waals surface area contributed by atoms with Gasteiger partial charge in [0.2, 0.25) is 5.91 Å².